The van der Waals surface area contributed by atoms with E-state index >= 15 is 0 Å². The van der Waals surface area contributed by atoms with Crippen LogP contribution < -0.4 is 10.1 Å². The zero-order valence-electron chi connectivity index (χ0n) is 24.4. The summed E-state index contributed by atoms with van der Waals surface area (Å²) in [4.78, 5) is 54.3. The van der Waals surface area contributed by atoms with Crippen LogP contribution in [-0.4, -0.2) is 84.4 Å². The predicted octanol–water partition coefficient (Wildman–Crippen LogP) is 2.51. The number of methoxy groups -OCH3 is 1. The van der Waals surface area contributed by atoms with E-state index in [0.29, 0.717) is 63.1 Å². The van der Waals surface area contributed by atoms with Crippen LogP contribution in [0.1, 0.15) is 64.9 Å². The third-order valence-corrected chi connectivity index (χ3v) is 7.81. The molecular weight excluding hydrogens is 532 g/mol. The fourth-order valence-electron chi connectivity index (χ4n) is 5.89. The van der Waals surface area contributed by atoms with Crippen molar-refractivity contribution in [2.75, 3.05) is 26.9 Å². The molecule has 1 aromatic carbocycles. The summed E-state index contributed by atoms with van der Waals surface area (Å²) >= 11 is 0. The Morgan fingerprint density at radius 3 is 2.46 bits per heavy atom. The molecule has 2 fully saturated rings. The number of amides is 2. The number of hydrogen-bond acceptors (Lipinski definition) is 9. The lowest BCUT2D eigenvalue weighted by Crippen LogP contribution is -2.55. The van der Waals surface area contributed by atoms with Gasteiger partial charge >= 0.3 is 11.9 Å². The van der Waals surface area contributed by atoms with E-state index in [9.17, 15) is 24.3 Å². The topological polar surface area (TPSA) is 141 Å². The van der Waals surface area contributed by atoms with Crippen LogP contribution in [0.3, 0.4) is 0 Å². The summed E-state index contributed by atoms with van der Waals surface area (Å²) in [6.07, 6.45) is 2.51. The number of hydrogen-bond donors (Lipinski definition) is 2. The number of nitrogens with one attached hydrogen (secondary N) is 1. The normalized spacial score (nSPS) is 27.9. The molecule has 0 unspecified atom stereocenters. The van der Waals surface area contributed by atoms with E-state index in [4.69, 9.17) is 18.9 Å². The molecule has 11 nitrogen and oxygen atoms in total. The molecule has 2 N–H and O–H groups in total. The minimum Gasteiger partial charge on any atom is -0.508 e. The van der Waals surface area contributed by atoms with Crippen molar-refractivity contribution < 1.29 is 43.2 Å². The van der Waals surface area contributed by atoms with Crippen LogP contribution >= 0.6 is 0 Å². The number of nitrogens with zero attached hydrogens (tertiary/aromatic N) is 1. The first-order chi connectivity index (χ1) is 19.4. The SMILES string of the molecule is COC(=O)[C@@H]1C[C@@H]2CN1C(=O)[C@H](C1CCC(C(=O)OC(C)(C)C)CC1)NC(=O)Cc1cc(O)cc(c1)OCCCO2. The van der Waals surface area contributed by atoms with Crippen molar-refractivity contribution in [1.82, 2.24) is 10.2 Å². The number of phenols is 1. The van der Waals surface area contributed by atoms with Gasteiger partial charge in [0, 0.05) is 25.5 Å². The zero-order valence-corrected chi connectivity index (χ0v) is 24.4. The van der Waals surface area contributed by atoms with Gasteiger partial charge in [-0.25, -0.2) is 4.79 Å². The molecule has 226 valence electrons. The first kappa shape index (κ1) is 30.6. The Balaban J connectivity index is 1.58. The summed E-state index contributed by atoms with van der Waals surface area (Å²) in [6, 6.07) is 2.93. The van der Waals surface area contributed by atoms with Gasteiger partial charge in [0.2, 0.25) is 11.8 Å². The number of benzene rings is 1. The maximum absolute atomic E-state index is 14.1. The molecule has 0 aromatic heterocycles. The Bertz CT molecular complexity index is 1120. The standard InChI is InChI=1S/C30H42N2O9/c1-30(2,3)41-28(36)20-8-6-19(7-9-20)26-27(35)32-17-23(16-24(32)29(37)38-4)40-11-5-10-39-22-13-18(12-21(33)15-22)14-25(34)31-26/h12-13,15,19-20,23-24,26,33H,5-11,14,16-17H2,1-4H3,(H,31,34)/t19?,20?,23-,24+,26+/m1/s1. The van der Waals surface area contributed by atoms with Crippen LogP contribution in [0, 0.1) is 11.8 Å². The average molecular weight is 575 g/mol. The van der Waals surface area contributed by atoms with Crippen LogP contribution in [0.2, 0.25) is 0 Å². The Morgan fingerprint density at radius 1 is 1.05 bits per heavy atom. The highest BCUT2D eigenvalue weighted by molar-refractivity contribution is 5.92. The van der Waals surface area contributed by atoms with Crippen molar-refractivity contribution in [2.45, 2.75) is 89.5 Å². The predicted molar refractivity (Wildman–Crippen MR) is 147 cm³/mol. The van der Waals surface area contributed by atoms with Gasteiger partial charge in [-0.05, 0) is 70.1 Å². The molecule has 4 rings (SSSR count). The second-order valence-corrected chi connectivity index (χ2v) is 12.2. The van der Waals surface area contributed by atoms with Crippen molar-refractivity contribution >= 4 is 23.8 Å². The summed E-state index contributed by atoms with van der Waals surface area (Å²) in [5, 5.41) is 13.1. The van der Waals surface area contributed by atoms with E-state index < -0.39 is 29.6 Å². The maximum Gasteiger partial charge on any atom is 0.328 e. The van der Waals surface area contributed by atoms with Gasteiger partial charge in [-0.15, -0.1) is 0 Å². The molecule has 3 atom stereocenters. The minimum absolute atomic E-state index is 0.0270. The number of fused-ring (bicyclic) bond motifs is 4. The number of phenolic OH excluding ortho intramolecular Hbond substituents is 1. The fraction of sp³-hybridized carbons (Fsp3) is 0.667. The highest BCUT2D eigenvalue weighted by atomic mass is 16.6. The molecule has 11 heteroatoms. The van der Waals surface area contributed by atoms with Crippen LogP contribution in [0.5, 0.6) is 11.5 Å². The molecule has 2 aliphatic heterocycles. The lowest BCUT2D eigenvalue weighted by Gasteiger charge is -2.36. The quantitative estimate of drug-likeness (QED) is 0.521. The van der Waals surface area contributed by atoms with Gasteiger partial charge in [-0.2, -0.15) is 0 Å². The first-order valence-electron chi connectivity index (χ1n) is 14.4. The van der Waals surface area contributed by atoms with E-state index in [1.807, 2.05) is 20.8 Å². The molecule has 1 saturated heterocycles. The summed E-state index contributed by atoms with van der Waals surface area (Å²) in [5.74, 6) is -1.67. The van der Waals surface area contributed by atoms with Crippen LogP contribution in [-0.2, 0) is 39.8 Å². The molecule has 0 radical (unpaired) electrons. The van der Waals surface area contributed by atoms with Crippen molar-refractivity contribution in [3.8, 4) is 11.5 Å². The fourth-order valence-corrected chi connectivity index (χ4v) is 5.89. The summed E-state index contributed by atoms with van der Waals surface area (Å²) in [7, 11) is 1.28. The van der Waals surface area contributed by atoms with Gasteiger partial charge < -0.3 is 34.3 Å². The Hall–Kier alpha value is -3.34. The third kappa shape index (κ3) is 8.12. The van der Waals surface area contributed by atoms with E-state index in [2.05, 4.69) is 5.32 Å². The lowest BCUT2D eigenvalue weighted by atomic mass is 9.78. The van der Waals surface area contributed by atoms with Crippen molar-refractivity contribution in [1.29, 1.82) is 0 Å². The number of carbonyl (C=O) groups is 4. The van der Waals surface area contributed by atoms with E-state index in [0.717, 1.165) is 0 Å². The molecule has 0 spiro atoms. The highest BCUT2D eigenvalue weighted by Gasteiger charge is 2.45. The summed E-state index contributed by atoms with van der Waals surface area (Å²) < 4.78 is 22.3. The Labute approximate surface area is 240 Å². The lowest BCUT2D eigenvalue weighted by molar-refractivity contribution is -0.161. The zero-order chi connectivity index (χ0) is 29.7. The number of aromatic hydroxyl groups is 1. The second-order valence-electron chi connectivity index (χ2n) is 12.2. The van der Waals surface area contributed by atoms with E-state index in [1.54, 1.807) is 6.07 Å². The summed E-state index contributed by atoms with van der Waals surface area (Å²) in [5.41, 5.74) is -0.0519. The minimum atomic E-state index is -0.908. The van der Waals surface area contributed by atoms with Crippen LogP contribution in [0.15, 0.2) is 18.2 Å². The number of carbonyl (C=O) groups excluding carboxylic acids is 4. The van der Waals surface area contributed by atoms with E-state index in [-0.39, 0.29) is 48.5 Å². The third-order valence-electron chi connectivity index (χ3n) is 7.81. The van der Waals surface area contributed by atoms with Crippen LogP contribution in [0.4, 0.5) is 0 Å². The largest absolute Gasteiger partial charge is 0.508 e. The van der Waals surface area contributed by atoms with Gasteiger partial charge in [0.25, 0.3) is 0 Å². The number of esters is 2. The van der Waals surface area contributed by atoms with E-state index in [1.165, 1.54) is 24.1 Å². The molecule has 2 amide bonds. The van der Waals surface area contributed by atoms with Crippen molar-refractivity contribution in [2.24, 2.45) is 11.8 Å². The number of rotatable bonds is 3. The molecule has 1 aromatic rings. The average Bonchev–Trinajstić information content (AvgIpc) is 3.33. The second kappa shape index (κ2) is 13.1. The van der Waals surface area contributed by atoms with Gasteiger partial charge in [0.15, 0.2) is 0 Å². The Morgan fingerprint density at radius 2 is 1.78 bits per heavy atom. The molecule has 4 bridgehead atoms. The summed E-state index contributed by atoms with van der Waals surface area (Å²) in [6.45, 7) is 6.38. The number of ether oxygens (including phenoxy) is 4. The van der Waals surface area contributed by atoms with Gasteiger partial charge in [0.05, 0.1) is 38.8 Å². The highest BCUT2D eigenvalue weighted by Crippen LogP contribution is 2.34. The van der Waals surface area contributed by atoms with Crippen molar-refractivity contribution in [3.05, 3.63) is 23.8 Å². The van der Waals surface area contributed by atoms with Crippen molar-refractivity contribution in [3.63, 3.8) is 0 Å². The monoisotopic (exact) mass is 574 g/mol. The van der Waals surface area contributed by atoms with Gasteiger partial charge in [-0.3, -0.25) is 14.4 Å². The molecule has 41 heavy (non-hydrogen) atoms. The maximum atomic E-state index is 14.1. The molecule has 1 saturated carbocycles. The molecule has 3 aliphatic rings. The molecule has 2 heterocycles. The smallest absolute Gasteiger partial charge is 0.328 e. The van der Waals surface area contributed by atoms with Gasteiger partial charge in [0.1, 0.15) is 29.2 Å². The Kier molecular flexibility index (Phi) is 9.78. The van der Waals surface area contributed by atoms with Gasteiger partial charge in [-0.1, -0.05) is 0 Å². The molecular formula is C30H42N2O9. The van der Waals surface area contributed by atoms with Crippen LogP contribution in [0.25, 0.3) is 0 Å². The first-order valence-corrected chi connectivity index (χ1v) is 14.4. The molecule has 1 aliphatic carbocycles.